The van der Waals surface area contributed by atoms with Crippen molar-refractivity contribution in [2.75, 3.05) is 61.5 Å². The van der Waals surface area contributed by atoms with E-state index in [9.17, 15) is 18.4 Å². The van der Waals surface area contributed by atoms with Gasteiger partial charge in [0.2, 0.25) is 5.91 Å². The Morgan fingerprint density at radius 3 is 2.21 bits per heavy atom. The van der Waals surface area contributed by atoms with Crippen LogP contribution in [0.4, 0.5) is 25.8 Å². The molecular weight excluding hydrogens is 596 g/mol. The number of methoxy groups -OCH3 is 1. The maximum atomic E-state index is 13.7. The second kappa shape index (κ2) is 13.7. The highest BCUT2D eigenvalue weighted by molar-refractivity contribution is 7.80. The molecule has 3 aromatic carbocycles. The van der Waals surface area contributed by atoms with Crippen LogP contribution in [0.25, 0.3) is 0 Å². The Bertz CT molecular complexity index is 1470. The first-order valence-corrected chi connectivity index (χ1v) is 14.8. The molecule has 0 bridgehead atoms. The Kier molecular flexibility index (Phi) is 9.74. The van der Waals surface area contributed by atoms with Gasteiger partial charge in [-0.2, -0.15) is 0 Å². The van der Waals surface area contributed by atoms with Gasteiger partial charge in [0.15, 0.2) is 5.11 Å². The van der Waals surface area contributed by atoms with Crippen LogP contribution in [0, 0.1) is 11.6 Å². The van der Waals surface area contributed by atoms with Gasteiger partial charge in [-0.1, -0.05) is 11.6 Å². The zero-order valence-corrected chi connectivity index (χ0v) is 25.2. The summed E-state index contributed by atoms with van der Waals surface area (Å²) in [6.45, 7) is 4.60. The van der Waals surface area contributed by atoms with Crippen LogP contribution in [0.1, 0.15) is 12.8 Å². The minimum absolute atomic E-state index is 0.132. The molecular formula is C31H32ClF2N5O3S. The van der Waals surface area contributed by atoms with E-state index < -0.39 is 11.9 Å². The summed E-state index contributed by atoms with van der Waals surface area (Å²) in [6, 6.07) is 16.2. The fourth-order valence-electron chi connectivity index (χ4n) is 5.39. The number of hydrogen-bond donors (Lipinski definition) is 1. The summed E-state index contributed by atoms with van der Waals surface area (Å²) in [5.41, 5.74) is 1.93. The van der Waals surface area contributed by atoms with Crippen molar-refractivity contribution in [2.45, 2.75) is 18.9 Å². The molecule has 1 atom stereocenters. The molecule has 0 spiro atoms. The molecule has 226 valence electrons. The quantitative estimate of drug-likeness (QED) is 0.311. The van der Waals surface area contributed by atoms with Gasteiger partial charge >= 0.3 is 0 Å². The minimum Gasteiger partial charge on any atom is -0.495 e. The topological polar surface area (TPSA) is 68.4 Å². The monoisotopic (exact) mass is 627 g/mol. The first-order valence-electron chi connectivity index (χ1n) is 14.0. The number of hydrogen-bond acceptors (Lipinski definition) is 6. The predicted molar refractivity (Wildman–Crippen MR) is 168 cm³/mol. The molecule has 2 aliphatic heterocycles. The van der Waals surface area contributed by atoms with E-state index in [1.807, 2.05) is 0 Å². The van der Waals surface area contributed by atoms with E-state index in [0.717, 1.165) is 44.8 Å². The van der Waals surface area contributed by atoms with Gasteiger partial charge in [-0.05, 0) is 91.9 Å². The lowest BCUT2D eigenvalue weighted by Gasteiger charge is -2.36. The van der Waals surface area contributed by atoms with Crippen molar-refractivity contribution in [3.8, 4) is 5.75 Å². The molecule has 2 fully saturated rings. The molecule has 5 rings (SSSR count). The van der Waals surface area contributed by atoms with Crippen LogP contribution in [0.5, 0.6) is 5.75 Å². The lowest BCUT2D eigenvalue weighted by Crippen LogP contribution is -2.47. The summed E-state index contributed by atoms with van der Waals surface area (Å²) in [4.78, 5) is 34.5. The molecule has 1 N–H and O–H groups in total. The van der Waals surface area contributed by atoms with E-state index in [-0.39, 0.29) is 24.1 Å². The molecule has 2 saturated heterocycles. The normalized spacial score (nSPS) is 17.5. The van der Waals surface area contributed by atoms with E-state index in [1.165, 1.54) is 48.4 Å². The molecule has 0 aliphatic carbocycles. The van der Waals surface area contributed by atoms with Gasteiger partial charge in [-0.25, -0.2) is 8.78 Å². The number of piperazine rings is 1. The lowest BCUT2D eigenvalue weighted by atomic mass is 10.1. The molecule has 0 aromatic heterocycles. The number of carbonyl (C=O) groups is 2. The van der Waals surface area contributed by atoms with Gasteiger partial charge in [0.1, 0.15) is 23.4 Å². The average Bonchev–Trinajstić information content (AvgIpc) is 3.23. The number of nitrogens with one attached hydrogen (secondary N) is 1. The second-order valence-electron chi connectivity index (χ2n) is 10.4. The summed E-state index contributed by atoms with van der Waals surface area (Å²) in [5.74, 6) is -0.904. The molecule has 2 heterocycles. The molecule has 12 heteroatoms. The van der Waals surface area contributed by atoms with Gasteiger partial charge in [0.05, 0.1) is 24.2 Å². The Hall–Kier alpha value is -3.80. The SMILES string of the molecule is COc1ccc(N2C(=O)[C@H](CC(=O)Nc3ccc(F)cc3)N(CCCN3CCN(c4ccc(F)cc4)CC3)C2=S)cc1Cl. The standard InChI is InChI=1S/C31H32ClF2N5O3S/c1-42-28-12-11-25(19-26(28)32)39-30(41)27(20-29(40)35-23-7-3-21(33)4-8-23)38(31(39)43)14-2-13-36-15-17-37(18-16-36)24-9-5-22(34)6-10-24/h3-12,19,27H,2,13-18,20H2,1H3,(H,35,40)/t27-/m0/s1. The van der Waals surface area contributed by atoms with Crippen molar-refractivity contribution < 1.29 is 23.1 Å². The fourth-order valence-corrected chi connectivity index (χ4v) is 6.05. The zero-order valence-electron chi connectivity index (χ0n) is 23.6. The zero-order chi connectivity index (χ0) is 30.5. The van der Waals surface area contributed by atoms with Gasteiger partial charge in [-0.15, -0.1) is 0 Å². The Balaban J connectivity index is 1.24. The van der Waals surface area contributed by atoms with E-state index >= 15 is 0 Å². The summed E-state index contributed by atoms with van der Waals surface area (Å²) in [7, 11) is 1.51. The molecule has 3 aromatic rings. The predicted octanol–water partition coefficient (Wildman–Crippen LogP) is 5.17. The molecule has 0 radical (unpaired) electrons. The maximum Gasteiger partial charge on any atom is 0.256 e. The number of thiocarbonyl (C=S) groups is 1. The van der Waals surface area contributed by atoms with Crippen LogP contribution in [-0.2, 0) is 9.59 Å². The second-order valence-corrected chi connectivity index (χ2v) is 11.2. The number of halogens is 3. The number of amides is 2. The smallest absolute Gasteiger partial charge is 0.256 e. The van der Waals surface area contributed by atoms with Crippen LogP contribution in [-0.4, -0.2) is 79.1 Å². The molecule has 0 saturated carbocycles. The highest BCUT2D eigenvalue weighted by Gasteiger charge is 2.44. The number of nitrogens with zero attached hydrogens (tertiary/aromatic N) is 4. The van der Waals surface area contributed by atoms with Crippen molar-refractivity contribution in [1.82, 2.24) is 9.80 Å². The lowest BCUT2D eigenvalue weighted by molar-refractivity contribution is -0.124. The minimum atomic E-state index is -0.816. The first kappa shape index (κ1) is 30.7. The Labute approximate surface area is 259 Å². The number of benzene rings is 3. The van der Waals surface area contributed by atoms with E-state index in [0.29, 0.717) is 33.8 Å². The highest BCUT2D eigenvalue weighted by atomic mass is 35.5. The molecule has 43 heavy (non-hydrogen) atoms. The Morgan fingerprint density at radius 2 is 1.58 bits per heavy atom. The van der Waals surface area contributed by atoms with Crippen molar-refractivity contribution in [1.29, 1.82) is 0 Å². The summed E-state index contributed by atoms with van der Waals surface area (Å²) in [5, 5.41) is 3.37. The highest BCUT2D eigenvalue weighted by Crippen LogP contribution is 2.33. The molecule has 2 amide bonds. The summed E-state index contributed by atoms with van der Waals surface area (Å²) >= 11 is 12.1. The third kappa shape index (κ3) is 7.23. The molecule has 2 aliphatic rings. The van der Waals surface area contributed by atoms with E-state index in [1.54, 1.807) is 35.2 Å². The third-order valence-electron chi connectivity index (χ3n) is 7.66. The van der Waals surface area contributed by atoms with Crippen LogP contribution in [0.2, 0.25) is 5.02 Å². The van der Waals surface area contributed by atoms with Gasteiger partial charge in [0.25, 0.3) is 5.91 Å². The molecule has 8 nitrogen and oxygen atoms in total. The number of carbonyl (C=O) groups excluding carboxylic acids is 2. The van der Waals surface area contributed by atoms with E-state index in [2.05, 4.69) is 15.1 Å². The van der Waals surface area contributed by atoms with Crippen molar-refractivity contribution in [3.05, 3.63) is 83.4 Å². The van der Waals surface area contributed by atoms with Crippen molar-refractivity contribution in [2.24, 2.45) is 0 Å². The fraction of sp³-hybridized carbons (Fsp3) is 0.323. The number of rotatable bonds is 10. The summed E-state index contributed by atoms with van der Waals surface area (Å²) < 4.78 is 31.9. The van der Waals surface area contributed by atoms with E-state index in [4.69, 9.17) is 28.6 Å². The maximum absolute atomic E-state index is 13.7. The molecule has 0 unspecified atom stereocenters. The van der Waals surface area contributed by atoms with Crippen LogP contribution >= 0.6 is 23.8 Å². The largest absolute Gasteiger partial charge is 0.495 e. The van der Waals surface area contributed by atoms with Gasteiger partial charge < -0.3 is 19.9 Å². The van der Waals surface area contributed by atoms with Crippen molar-refractivity contribution in [3.63, 3.8) is 0 Å². The first-order chi connectivity index (χ1) is 20.7. The number of anilines is 3. The third-order valence-corrected chi connectivity index (χ3v) is 8.37. The van der Waals surface area contributed by atoms with Crippen LogP contribution < -0.4 is 19.9 Å². The van der Waals surface area contributed by atoms with Crippen LogP contribution in [0.15, 0.2) is 66.7 Å². The number of ether oxygens (including phenoxy) is 1. The van der Waals surface area contributed by atoms with Gasteiger partial charge in [-0.3, -0.25) is 19.4 Å². The average molecular weight is 628 g/mol. The van der Waals surface area contributed by atoms with Gasteiger partial charge in [0, 0.05) is 44.1 Å². The summed E-state index contributed by atoms with van der Waals surface area (Å²) in [6.07, 6.45) is 0.588. The van der Waals surface area contributed by atoms with Crippen molar-refractivity contribution >= 4 is 57.8 Å². The Morgan fingerprint density at radius 1 is 0.953 bits per heavy atom. The van der Waals surface area contributed by atoms with Crippen LogP contribution in [0.3, 0.4) is 0 Å².